The summed E-state index contributed by atoms with van der Waals surface area (Å²) in [5, 5.41) is 9.86. The van der Waals surface area contributed by atoms with Gasteiger partial charge < -0.3 is 19.5 Å². The Hall–Kier alpha value is -2.37. The molecule has 2 aromatic carbocycles. The molecule has 0 bridgehead atoms. The monoisotopic (exact) mass is 383 g/mol. The molecule has 0 radical (unpaired) electrons. The van der Waals surface area contributed by atoms with Crippen molar-refractivity contribution >= 4 is 6.09 Å². The quantitative estimate of drug-likeness (QED) is 0.832. The number of likely N-dealkylation sites (N-methyl/N-ethyl adjacent to an activating group) is 1. The number of ether oxygens (including phenoxy) is 2. The number of carbonyl (C=O) groups excluding carboxylic acids is 1. The topological polar surface area (TPSA) is 59.0 Å². The molecule has 0 spiro atoms. The lowest BCUT2D eigenvalue weighted by atomic mass is 10.1. The fourth-order valence-corrected chi connectivity index (χ4v) is 3.78. The summed E-state index contributed by atoms with van der Waals surface area (Å²) in [6.07, 6.45) is -1.29. The zero-order valence-corrected chi connectivity index (χ0v) is 17.2. The maximum atomic E-state index is 12.9. The van der Waals surface area contributed by atoms with Gasteiger partial charge in [0.05, 0.1) is 24.4 Å². The second-order valence-electron chi connectivity index (χ2n) is 8.23. The fraction of sp³-hybridized carbons (Fsp3) is 0.435. The van der Waals surface area contributed by atoms with Gasteiger partial charge in [0.1, 0.15) is 0 Å². The zero-order chi connectivity index (χ0) is 20.5. The van der Waals surface area contributed by atoms with Gasteiger partial charge in [0, 0.05) is 18.2 Å². The lowest BCUT2D eigenvalue weighted by Crippen LogP contribution is -2.49. The first-order chi connectivity index (χ1) is 13.2. The molecule has 1 aliphatic rings. The first kappa shape index (κ1) is 20.4. The third-order valence-corrected chi connectivity index (χ3v) is 5.05. The summed E-state index contributed by atoms with van der Waals surface area (Å²) in [6, 6.07) is 15.4. The summed E-state index contributed by atoms with van der Waals surface area (Å²) in [4.78, 5) is 14.4. The van der Waals surface area contributed by atoms with Crippen molar-refractivity contribution in [3.05, 3.63) is 59.7 Å². The number of aliphatic hydroxyl groups is 1. The highest BCUT2D eigenvalue weighted by Crippen LogP contribution is 2.45. The summed E-state index contributed by atoms with van der Waals surface area (Å²) in [5.41, 5.74) is 3.75. The Morgan fingerprint density at radius 3 is 2.04 bits per heavy atom. The predicted octanol–water partition coefficient (Wildman–Crippen LogP) is 4.39. The van der Waals surface area contributed by atoms with Crippen LogP contribution < -0.4 is 0 Å². The van der Waals surface area contributed by atoms with Crippen molar-refractivity contribution < 1.29 is 19.4 Å². The highest BCUT2D eigenvalue weighted by molar-refractivity contribution is 5.79. The van der Waals surface area contributed by atoms with Gasteiger partial charge in [-0.05, 0) is 38.8 Å². The van der Waals surface area contributed by atoms with Crippen LogP contribution >= 0.6 is 0 Å². The first-order valence-corrected chi connectivity index (χ1v) is 9.63. The molecule has 150 valence electrons. The standard InChI is InChI=1S/C23H29NO4/c1-15(28-23(2,3)4)20(14-25)24(5)22(26)27-21-18-12-8-6-10-16(18)17-11-7-9-13-19(17)21/h6-13,15,20-21,25H,14H2,1-5H3/t15-,20+/m0/s1. The smallest absolute Gasteiger partial charge is 0.410 e. The van der Waals surface area contributed by atoms with E-state index in [0.29, 0.717) is 0 Å². The van der Waals surface area contributed by atoms with Crippen molar-refractivity contribution in [2.75, 3.05) is 13.7 Å². The Morgan fingerprint density at radius 1 is 1.07 bits per heavy atom. The summed E-state index contributed by atoms with van der Waals surface area (Å²) in [7, 11) is 1.64. The van der Waals surface area contributed by atoms with Crippen molar-refractivity contribution in [1.82, 2.24) is 4.90 Å². The van der Waals surface area contributed by atoms with Crippen LogP contribution in [0.1, 0.15) is 44.9 Å². The molecule has 1 N–H and O–H groups in total. The summed E-state index contributed by atoms with van der Waals surface area (Å²) in [5.74, 6) is 0. The molecule has 0 aromatic heterocycles. The van der Waals surface area contributed by atoms with Crippen molar-refractivity contribution in [2.45, 2.75) is 51.5 Å². The van der Waals surface area contributed by atoms with Crippen molar-refractivity contribution in [1.29, 1.82) is 0 Å². The number of hydrogen-bond donors (Lipinski definition) is 1. The fourth-order valence-electron chi connectivity index (χ4n) is 3.78. The van der Waals surface area contributed by atoms with Crippen LogP contribution in [0, 0.1) is 0 Å². The van der Waals surface area contributed by atoms with Crippen molar-refractivity contribution in [3.8, 4) is 11.1 Å². The lowest BCUT2D eigenvalue weighted by Gasteiger charge is -2.35. The Balaban J connectivity index is 1.80. The van der Waals surface area contributed by atoms with Crippen LogP contribution in [0.3, 0.4) is 0 Å². The van der Waals surface area contributed by atoms with Crippen LogP contribution in [0.4, 0.5) is 4.79 Å². The summed E-state index contributed by atoms with van der Waals surface area (Å²) in [6.45, 7) is 7.49. The van der Waals surface area contributed by atoms with Crippen LogP contribution in [0.25, 0.3) is 11.1 Å². The van der Waals surface area contributed by atoms with Gasteiger partial charge in [-0.1, -0.05) is 48.5 Å². The molecule has 2 atom stereocenters. The molecule has 0 unspecified atom stereocenters. The van der Waals surface area contributed by atoms with Crippen molar-refractivity contribution in [2.24, 2.45) is 0 Å². The molecule has 3 rings (SSSR count). The van der Waals surface area contributed by atoms with Gasteiger partial charge in [-0.3, -0.25) is 0 Å². The van der Waals surface area contributed by atoms with Crippen LogP contribution in [0.15, 0.2) is 48.5 Å². The number of carbonyl (C=O) groups is 1. The number of hydrogen-bond acceptors (Lipinski definition) is 4. The third kappa shape index (κ3) is 4.05. The van der Waals surface area contributed by atoms with Crippen LogP contribution in [0.2, 0.25) is 0 Å². The van der Waals surface area contributed by atoms with Gasteiger partial charge >= 0.3 is 6.09 Å². The first-order valence-electron chi connectivity index (χ1n) is 9.63. The van der Waals surface area contributed by atoms with E-state index in [4.69, 9.17) is 9.47 Å². The third-order valence-electron chi connectivity index (χ3n) is 5.05. The molecular weight excluding hydrogens is 354 g/mol. The van der Waals surface area contributed by atoms with Gasteiger partial charge in [0.25, 0.3) is 0 Å². The van der Waals surface area contributed by atoms with Gasteiger partial charge in [0.15, 0.2) is 6.10 Å². The molecule has 0 saturated carbocycles. The second-order valence-corrected chi connectivity index (χ2v) is 8.23. The Kier molecular flexibility index (Phi) is 5.77. The predicted molar refractivity (Wildman–Crippen MR) is 109 cm³/mol. The Morgan fingerprint density at radius 2 is 1.57 bits per heavy atom. The molecule has 28 heavy (non-hydrogen) atoms. The zero-order valence-electron chi connectivity index (χ0n) is 17.2. The number of fused-ring (bicyclic) bond motifs is 3. The minimum absolute atomic E-state index is 0.208. The average molecular weight is 383 g/mol. The van der Waals surface area contributed by atoms with Crippen LogP contribution in [-0.4, -0.2) is 47.5 Å². The van der Waals surface area contributed by atoms with Crippen molar-refractivity contribution in [3.63, 3.8) is 0 Å². The van der Waals surface area contributed by atoms with E-state index in [0.717, 1.165) is 22.3 Å². The molecule has 0 aliphatic heterocycles. The number of nitrogens with zero attached hydrogens (tertiary/aromatic N) is 1. The maximum Gasteiger partial charge on any atom is 0.410 e. The maximum absolute atomic E-state index is 12.9. The highest BCUT2D eigenvalue weighted by Gasteiger charge is 2.35. The minimum Gasteiger partial charge on any atom is -0.436 e. The number of rotatable bonds is 5. The van der Waals surface area contributed by atoms with E-state index in [-0.39, 0.29) is 18.3 Å². The van der Waals surface area contributed by atoms with Gasteiger partial charge in [-0.15, -0.1) is 0 Å². The molecule has 0 heterocycles. The van der Waals surface area contributed by atoms with Crippen LogP contribution in [0.5, 0.6) is 0 Å². The largest absolute Gasteiger partial charge is 0.436 e. The molecule has 2 aromatic rings. The molecule has 5 nitrogen and oxygen atoms in total. The molecule has 1 aliphatic carbocycles. The van der Waals surface area contributed by atoms with Gasteiger partial charge in [-0.25, -0.2) is 4.79 Å². The van der Waals surface area contributed by atoms with E-state index >= 15 is 0 Å². The molecular formula is C23H29NO4. The van der Waals surface area contributed by atoms with E-state index in [2.05, 4.69) is 0 Å². The number of benzene rings is 2. The second kappa shape index (κ2) is 7.94. The SMILES string of the molecule is C[C@H](OC(C)(C)C)[C@@H](CO)N(C)C(=O)OC1c2ccccc2-c2ccccc21. The van der Waals surface area contributed by atoms with Gasteiger partial charge in [-0.2, -0.15) is 0 Å². The average Bonchev–Trinajstić information content (AvgIpc) is 2.95. The van der Waals surface area contributed by atoms with E-state index in [1.807, 2.05) is 76.2 Å². The Bertz CT molecular complexity index is 797. The van der Waals surface area contributed by atoms with Crippen LogP contribution in [-0.2, 0) is 9.47 Å². The molecule has 5 heteroatoms. The minimum atomic E-state index is -0.501. The van der Waals surface area contributed by atoms with E-state index in [1.54, 1.807) is 7.05 Å². The Labute approximate surface area is 166 Å². The van der Waals surface area contributed by atoms with E-state index in [9.17, 15) is 9.90 Å². The summed E-state index contributed by atoms with van der Waals surface area (Å²) < 4.78 is 11.8. The van der Waals surface area contributed by atoms with Gasteiger partial charge in [0.2, 0.25) is 0 Å². The van der Waals surface area contributed by atoms with E-state index < -0.39 is 18.2 Å². The highest BCUT2D eigenvalue weighted by atomic mass is 16.6. The lowest BCUT2D eigenvalue weighted by molar-refractivity contribution is -0.0909. The number of amides is 1. The molecule has 1 amide bonds. The normalized spacial score (nSPS) is 15.5. The molecule has 0 fully saturated rings. The van der Waals surface area contributed by atoms with E-state index in [1.165, 1.54) is 4.90 Å². The number of aliphatic hydroxyl groups excluding tert-OH is 1. The molecule has 0 saturated heterocycles. The summed E-state index contributed by atoms with van der Waals surface area (Å²) >= 11 is 0.